The first kappa shape index (κ1) is 9.07. The molecule has 0 radical (unpaired) electrons. The van der Waals surface area contributed by atoms with E-state index in [0.29, 0.717) is 0 Å². The van der Waals surface area contributed by atoms with Crippen molar-refractivity contribution in [3.63, 3.8) is 0 Å². The number of H-pyrrole nitrogens is 1. The van der Waals surface area contributed by atoms with E-state index in [4.69, 9.17) is 0 Å². The van der Waals surface area contributed by atoms with E-state index in [1.165, 1.54) is 17.9 Å². The number of hydrogen-bond donors (Lipinski definition) is 2. The summed E-state index contributed by atoms with van der Waals surface area (Å²) in [4.78, 5) is 8.24. The van der Waals surface area contributed by atoms with E-state index in [1.807, 2.05) is 13.8 Å². The highest BCUT2D eigenvalue weighted by molar-refractivity contribution is 7.09. The number of aromatic amines is 1. The number of hydrogen-bond acceptors (Lipinski definition) is 6. The zero-order valence-electron chi connectivity index (χ0n) is 7.85. The van der Waals surface area contributed by atoms with Gasteiger partial charge in [0.25, 0.3) is 0 Å². The molecule has 0 amide bonds. The Balaban J connectivity index is 2.06. The van der Waals surface area contributed by atoms with Crippen molar-refractivity contribution >= 4 is 16.7 Å². The number of nitrogens with one attached hydrogen (secondary N) is 2. The van der Waals surface area contributed by atoms with E-state index in [-0.39, 0.29) is 6.04 Å². The van der Waals surface area contributed by atoms with Gasteiger partial charge in [-0.2, -0.15) is 9.47 Å². The smallest absolute Gasteiger partial charge is 0.202 e. The van der Waals surface area contributed by atoms with Crippen LogP contribution in [0.3, 0.4) is 0 Å². The quantitative estimate of drug-likeness (QED) is 0.794. The summed E-state index contributed by atoms with van der Waals surface area (Å²) in [6.45, 7) is 3.85. The van der Waals surface area contributed by atoms with Crippen LogP contribution in [0.4, 0.5) is 5.13 Å². The second-order valence-corrected chi connectivity index (χ2v) is 3.67. The van der Waals surface area contributed by atoms with Crippen molar-refractivity contribution in [3.05, 3.63) is 18.0 Å². The fourth-order valence-corrected chi connectivity index (χ4v) is 1.56. The Morgan fingerprint density at radius 1 is 1.57 bits per heavy atom. The van der Waals surface area contributed by atoms with E-state index in [2.05, 4.69) is 29.9 Å². The van der Waals surface area contributed by atoms with Gasteiger partial charge in [0, 0.05) is 11.5 Å². The molecule has 2 aromatic rings. The molecule has 2 aromatic heterocycles. The highest BCUT2D eigenvalue weighted by Gasteiger charge is 2.11. The predicted octanol–water partition coefficient (Wildman–Crippen LogP) is 1.14. The van der Waals surface area contributed by atoms with E-state index in [9.17, 15) is 0 Å². The molecule has 0 saturated heterocycles. The molecule has 0 saturated carbocycles. The number of rotatable bonds is 3. The fraction of sp³-hybridized carbons (Fsp3) is 0.429. The van der Waals surface area contributed by atoms with Crippen molar-refractivity contribution in [2.45, 2.75) is 19.9 Å². The lowest BCUT2D eigenvalue weighted by Gasteiger charge is -2.07. The van der Waals surface area contributed by atoms with Gasteiger partial charge in [0.15, 0.2) is 5.82 Å². The summed E-state index contributed by atoms with van der Waals surface area (Å²) in [5, 5.41) is 10.8. The normalized spacial score (nSPS) is 12.7. The van der Waals surface area contributed by atoms with Gasteiger partial charge < -0.3 is 5.32 Å². The van der Waals surface area contributed by atoms with Crippen molar-refractivity contribution in [2.24, 2.45) is 0 Å². The lowest BCUT2D eigenvalue weighted by Crippen LogP contribution is -2.08. The summed E-state index contributed by atoms with van der Waals surface area (Å²) in [5.41, 5.74) is 0. The second-order valence-electron chi connectivity index (χ2n) is 2.89. The predicted molar refractivity (Wildman–Crippen MR) is 53.1 cm³/mol. The average Bonchev–Trinajstić information content (AvgIpc) is 2.75. The summed E-state index contributed by atoms with van der Waals surface area (Å²) in [7, 11) is 0. The average molecular weight is 210 g/mol. The summed E-state index contributed by atoms with van der Waals surface area (Å²) in [6.07, 6.45) is 1.52. The molecule has 2 heterocycles. The first-order valence-corrected chi connectivity index (χ1v) is 4.95. The van der Waals surface area contributed by atoms with Crippen LogP contribution in [0.5, 0.6) is 0 Å². The molecular weight excluding hydrogens is 200 g/mol. The molecule has 2 N–H and O–H groups in total. The van der Waals surface area contributed by atoms with Crippen LogP contribution in [0.15, 0.2) is 6.33 Å². The summed E-state index contributed by atoms with van der Waals surface area (Å²) in [5.74, 6) is 1.55. The van der Waals surface area contributed by atoms with Gasteiger partial charge in [-0.05, 0) is 13.8 Å². The van der Waals surface area contributed by atoms with Crippen molar-refractivity contribution in [1.82, 2.24) is 24.5 Å². The molecule has 1 atom stereocenters. The Hall–Kier alpha value is -1.50. The van der Waals surface area contributed by atoms with Gasteiger partial charge in [-0.15, -0.1) is 0 Å². The van der Waals surface area contributed by atoms with Crippen molar-refractivity contribution in [1.29, 1.82) is 0 Å². The number of anilines is 1. The molecule has 0 fully saturated rings. The Morgan fingerprint density at radius 3 is 3.00 bits per heavy atom. The number of aryl methyl sites for hydroxylation is 1. The molecule has 0 spiro atoms. The fourth-order valence-electron chi connectivity index (χ4n) is 1.04. The van der Waals surface area contributed by atoms with Crippen molar-refractivity contribution < 1.29 is 0 Å². The first-order chi connectivity index (χ1) is 6.75. The third kappa shape index (κ3) is 1.87. The lowest BCUT2D eigenvalue weighted by molar-refractivity contribution is 0.794. The summed E-state index contributed by atoms with van der Waals surface area (Å²) >= 11 is 1.31. The third-order valence-corrected chi connectivity index (χ3v) is 2.30. The van der Waals surface area contributed by atoms with Crippen LogP contribution in [0.1, 0.15) is 24.6 Å². The zero-order chi connectivity index (χ0) is 9.97. The SMILES string of the molecule is Cc1nc(C(C)Nc2ncns2)n[nH]1. The zero-order valence-corrected chi connectivity index (χ0v) is 8.67. The molecule has 1 unspecified atom stereocenters. The minimum atomic E-state index is 0.0351. The number of nitrogens with zero attached hydrogens (tertiary/aromatic N) is 4. The Kier molecular flexibility index (Phi) is 2.40. The minimum absolute atomic E-state index is 0.0351. The number of aromatic nitrogens is 5. The Labute approximate surface area is 85.0 Å². The molecule has 0 aliphatic rings. The molecule has 0 aromatic carbocycles. The van der Waals surface area contributed by atoms with Crippen LogP contribution in [-0.4, -0.2) is 24.5 Å². The lowest BCUT2D eigenvalue weighted by atomic mass is 10.3. The van der Waals surface area contributed by atoms with Crippen LogP contribution >= 0.6 is 11.5 Å². The topological polar surface area (TPSA) is 79.4 Å². The van der Waals surface area contributed by atoms with E-state index in [0.717, 1.165) is 16.8 Å². The van der Waals surface area contributed by atoms with Crippen molar-refractivity contribution in [2.75, 3.05) is 5.32 Å². The Morgan fingerprint density at radius 2 is 2.43 bits per heavy atom. The van der Waals surface area contributed by atoms with Crippen LogP contribution in [0.25, 0.3) is 0 Å². The molecular formula is C7H10N6S. The monoisotopic (exact) mass is 210 g/mol. The van der Waals surface area contributed by atoms with Crippen LogP contribution < -0.4 is 5.32 Å². The molecule has 14 heavy (non-hydrogen) atoms. The maximum atomic E-state index is 4.22. The standard InChI is InChI=1S/C7H10N6S/c1-4(6-11-5(2)12-13-6)10-7-8-3-9-14-7/h3-4H,1-2H3,(H,8,9,10)(H,11,12,13). The van der Waals surface area contributed by atoms with Crippen LogP contribution in [0, 0.1) is 6.92 Å². The first-order valence-electron chi connectivity index (χ1n) is 4.18. The molecule has 0 aliphatic carbocycles. The van der Waals surface area contributed by atoms with E-state index < -0.39 is 0 Å². The maximum absolute atomic E-state index is 4.22. The van der Waals surface area contributed by atoms with Gasteiger partial charge in [-0.1, -0.05) is 0 Å². The molecule has 2 rings (SSSR count). The largest absolute Gasteiger partial charge is 0.350 e. The molecule has 0 bridgehead atoms. The van der Waals surface area contributed by atoms with Gasteiger partial charge in [0.1, 0.15) is 12.2 Å². The van der Waals surface area contributed by atoms with Gasteiger partial charge in [-0.25, -0.2) is 9.97 Å². The Bertz CT molecular complexity index is 394. The molecule has 74 valence electrons. The maximum Gasteiger partial charge on any atom is 0.202 e. The second kappa shape index (κ2) is 3.70. The third-order valence-electron chi connectivity index (χ3n) is 1.70. The van der Waals surface area contributed by atoms with Gasteiger partial charge in [0.05, 0.1) is 6.04 Å². The van der Waals surface area contributed by atoms with Crippen LogP contribution in [-0.2, 0) is 0 Å². The van der Waals surface area contributed by atoms with Gasteiger partial charge >= 0.3 is 0 Å². The highest BCUT2D eigenvalue weighted by atomic mass is 32.1. The van der Waals surface area contributed by atoms with E-state index >= 15 is 0 Å². The summed E-state index contributed by atoms with van der Waals surface area (Å²) < 4.78 is 3.89. The minimum Gasteiger partial charge on any atom is -0.350 e. The molecule has 6 nitrogen and oxygen atoms in total. The summed E-state index contributed by atoms with van der Waals surface area (Å²) in [6, 6.07) is 0.0351. The molecule has 0 aliphatic heterocycles. The van der Waals surface area contributed by atoms with Gasteiger partial charge in [0.2, 0.25) is 5.13 Å². The highest BCUT2D eigenvalue weighted by Crippen LogP contribution is 2.16. The van der Waals surface area contributed by atoms with Gasteiger partial charge in [-0.3, -0.25) is 5.10 Å². The molecule has 7 heteroatoms. The van der Waals surface area contributed by atoms with Crippen molar-refractivity contribution in [3.8, 4) is 0 Å². The van der Waals surface area contributed by atoms with E-state index in [1.54, 1.807) is 0 Å². The van der Waals surface area contributed by atoms with Crippen LogP contribution in [0.2, 0.25) is 0 Å².